The molecule has 0 saturated carbocycles. The van der Waals surface area contributed by atoms with Crippen molar-refractivity contribution in [1.29, 1.82) is 0 Å². The molecule has 107 valence electrons. The van der Waals surface area contributed by atoms with Crippen LogP contribution in [0.5, 0.6) is 0 Å². The fraction of sp³-hybridized carbons (Fsp3) is 1.00. The van der Waals surface area contributed by atoms with Crippen molar-refractivity contribution in [3.63, 3.8) is 0 Å². The second kappa shape index (κ2) is 10.7. The van der Waals surface area contributed by atoms with Gasteiger partial charge >= 0.3 is 146 Å². The predicted octanol–water partition coefficient (Wildman–Crippen LogP) is 6.36. The van der Waals surface area contributed by atoms with E-state index in [1.807, 2.05) is 0 Å². The van der Waals surface area contributed by atoms with E-state index in [4.69, 9.17) is 0 Å². The van der Waals surface area contributed by atoms with Gasteiger partial charge in [-0.1, -0.05) is 0 Å². The zero-order valence-electron chi connectivity index (χ0n) is 11.9. The monoisotopic (exact) mass is 385 g/mol. The molecule has 2 saturated heterocycles. The van der Waals surface area contributed by atoms with Gasteiger partial charge in [0.1, 0.15) is 0 Å². The van der Waals surface area contributed by atoms with Crippen LogP contribution in [0.4, 0.5) is 0 Å². The Balaban J connectivity index is 1.75. The molecule has 0 bridgehead atoms. The van der Waals surface area contributed by atoms with Crippen LogP contribution < -0.4 is 0 Å². The van der Waals surface area contributed by atoms with Gasteiger partial charge in [-0.3, -0.25) is 0 Å². The molecule has 2 aliphatic heterocycles. The third-order valence-corrected chi connectivity index (χ3v) is 12.7. The summed E-state index contributed by atoms with van der Waals surface area (Å²) in [6.07, 6.45) is 13.3. The third-order valence-electron chi connectivity index (χ3n) is 3.96. The standard InChI is InChI=1S/C14H25S4.Zn/c1-3-7-13(17-15-11-5-1)9-10-14-8-4-2-6-12-16-18-14;/h9,13-14H,1-8,10-12H2;. The maximum atomic E-state index is 2.24. The maximum absolute atomic E-state index is 2.24. The van der Waals surface area contributed by atoms with Gasteiger partial charge in [-0.25, -0.2) is 0 Å². The average molecular weight is 387 g/mol. The van der Waals surface area contributed by atoms with Crippen molar-refractivity contribution < 1.29 is 18.3 Å². The van der Waals surface area contributed by atoms with E-state index in [-0.39, 0.29) is 0 Å². The van der Waals surface area contributed by atoms with E-state index in [9.17, 15) is 0 Å². The van der Waals surface area contributed by atoms with Crippen molar-refractivity contribution >= 4 is 43.2 Å². The summed E-state index contributed by atoms with van der Waals surface area (Å²) < 4.78 is 1.04. The zero-order valence-corrected chi connectivity index (χ0v) is 18.1. The number of rotatable bonds is 3. The molecule has 3 atom stereocenters. The molecule has 2 heterocycles. The van der Waals surface area contributed by atoms with Crippen LogP contribution in [0.1, 0.15) is 57.8 Å². The van der Waals surface area contributed by atoms with Gasteiger partial charge in [0.2, 0.25) is 0 Å². The number of hydrogen-bond acceptors (Lipinski definition) is 4. The Kier molecular flexibility index (Phi) is 9.79. The van der Waals surface area contributed by atoms with Crippen LogP contribution in [0, 0.1) is 0 Å². The molecule has 0 aliphatic carbocycles. The molecule has 3 unspecified atom stereocenters. The summed E-state index contributed by atoms with van der Waals surface area (Å²) in [5, 5.41) is 1.93. The van der Waals surface area contributed by atoms with Gasteiger partial charge < -0.3 is 0 Å². The summed E-state index contributed by atoms with van der Waals surface area (Å²) in [5.41, 5.74) is 0. The van der Waals surface area contributed by atoms with E-state index >= 15 is 0 Å². The van der Waals surface area contributed by atoms with Crippen molar-refractivity contribution in [3.05, 3.63) is 0 Å². The molecule has 0 amide bonds. The first-order chi connectivity index (χ1) is 9.36. The second-order valence-corrected chi connectivity index (χ2v) is 13.4. The van der Waals surface area contributed by atoms with Crippen molar-refractivity contribution in [1.82, 2.24) is 0 Å². The predicted molar refractivity (Wildman–Crippen MR) is 93.0 cm³/mol. The molecule has 0 N–H and O–H groups in total. The van der Waals surface area contributed by atoms with Crippen LogP contribution in [-0.4, -0.2) is 22.0 Å². The van der Waals surface area contributed by atoms with E-state index in [1.165, 1.54) is 87.6 Å². The average Bonchev–Trinajstić information content (AvgIpc) is 2.31. The number of hydrogen-bond donors (Lipinski definition) is 0. The normalized spacial score (nSPS) is 32.7. The molecule has 0 radical (unpaired) electrons. The first-order valence-corrected chi connectivity index (χ1v) is 14.2. The summed E-state index contributed by atoms with van der Waals surface area (Å²) in [5.74, 6) is 2.78. The zero-order chi connectivity index (χ0) is 13.3. The molecule has 2 rings (SSSR count). The molecule has 2 aliphatic rings. The van der Waals surface area contributed by atoms with Crippen LogP contribution in [0.15, 0.2) is 0 Å². The Hall–Kier alpha value is 2.02. The van der Waals surface area contributed by atoms with Crippen molar-refractivity contribution in [2.75, 3.05) is 11.5 Å². The van der Waals surface area contributed by atoms with Crippen LogP contribution in [0.3, 0.4) is 0 Å². The van der Waals surface area contributed by atoms with Gasteiger partial charge in [-0.2, -0.15) is 0 Å². The summed E-state index contributed by atoms with van der Waals surface area (Å²) >= 11 is 1.51. The molecular formula is C14H25S4Zn. The SMILES string of the molecule is [Zn][CH](CC1CCCCCSS1)C1CCCCCSS1. The van der Waals surface area contributed by atoms with E-state index in [0.717, 1.165) is 15.0 Å². The van der Waals surface area contributed by atoms with Gasteiger partial charge in [-0.15, -0.1) is 0 Å². The summed E-state index contributed by atoms with van der Waals surface area (Å²) in [6, 6.07) is 0. The van der Waals surface area contributed by atoms with Gasteiger partial charge in [-0.05, 0) is 0 Å². The second-order valence-electron chi connectivity index (χ2n) is 5.69. The summed E-state index contributed by atoms with van der Waals surface area (Å²) in [4.78, 5) is 0. The van der Waals surface area contributed by atoms with E-state index in [0.29, 0.717) is 0 Å². The topological polar surface area (TPSA) is 0 Å². The minimum absolute atomic E-state index is 0.958. The molecule has 0 aromatic rings. The van der Waals surface area contributed by atoms with Crippen LogP contribution in [-0.2, 0) is 18.3 Å². The summed E-state index contributed by atoms with van der Waals surface area (Å²) in [7, 11) is 8.77. The molecule has 2 fully saturated rings. The minimum atomic E-state index is 0.958. The molecule has 0 aromatic carbocycles. The van der Waals surface area contributed by atoms with Crippen molar-refractivity contribution in [3.8, 4) is 0 Å². The first kappa shape index (κ1) is 17.4. The fourth-order valence-electron chi connectivity index (χ4n) is 2.73. The quantitative estimate of drug-likeness (QED) is 0.408. The molecule has 19 heavy (non-hydrogen) atoms. The van der Waals surface area contributed by atoms with E-state index in [2.05, 4.69) is 43.2 Å². The first-order valence-electron chi connectivity index (χ1n) is 7.76. The van der Waals surface area contributed by atoms with Crippen molar-refractivity contribution in [2.24, 2.45) is 0 Å². The van der Waals surface area contributed by atoms with E-state index in [1.54, 1.807) is 0 Å². The van der Waals surface area contributed by atoms with Gasteiger partial charge in [0.05, 0.1) is 0 Å². The van der Waals surface area contributed by atoms with Gasteiger partial charge in [0.15, 0.2) is 0 Å². The van der Waals surface area contributed by atoms with Crippen LogP contribution >= 0.6 is 43.2 Å². The Bertz CT molecular complexity index is 223. The Morgan fingerprint density at radius 3 is 2.32 bits per heavy atom. The van der Waals surface area contributed by atoms with Gasteiger partial charge in [0.25, 0.3) is 0 Å². The van der Waals surface area contributed by atoms with Crippen LogP contribution in [0.25, 0.3) is 0 Å². The van der Waals surface area contributed by atoms with Crippen LogP contribution in [0.2, 0.25) is 4.51 Å². The summed E-state index contributed by atoms with van der Waals surface area (Å²) in [6.45, 7) is 0. The van der Waals surface area contributed by atoms with E-state index < -0.39 is 0 Å². The molecule has 0 aromatic heterocycles. The molecular weight excluding hydrogens is 362 g/mol. The molecule has 5 heteroatoms. The Labute approximate surface area is 145 Å². The molecule has 0 nitrogen and oxygen atoms in total. The van der Waals surface area contributed by atoms with Gasteiger partial charge in [0, 0.05) is 0 Å². The Morgan fingerprint density at radius 2 is 1.53 bits per heavy atom. The fourth-order valence-corrected chi connectivity index (χ4v) is 12.1. The molecule has 0 spiro atoms. The third kappa shape index (κ3) is 7.22. The van der Waals surface area contributed by atoms with Crippen molar-refractivity contribution in [2.45, 2.75) is 72.8 Å². The Morgan fingerprint density at radius 1 is 0.842 bits per heavy atom.